The molecule has 0 heterocycles. The quantitative estimate of drug-likeness (QED) is 0.428. The molecule has 1 saturated carbocycles. The van der Waals surface area contributed by atoms with Gasteiger partial charge in [0, 0.05) is 4.43 Å². The first-order valence-corrected chi connectivity index (χ1v) is 6.77. The summed E-state index contributed by atoms with van der Waals surface area (Å²) in [5, 5.41) is 0. The van der Waals surface area contributed by atoms with Gasteiger partial charge >= 0.3 is 6.18 Å². The van der Waals surface area contributed by atoms with E-state index in [1.54, 1.807) is 0 Å². The Morgan fingerprint density at radius 2 is 1.60 bits per heavy atom. The first-order valence-electron chi connectivity index (χ1n) is 5.24. The number of ether oxygens (including phenoxy) is 1. The molecule has 0 aromatic rings. The van der Waals surface area contributed by atoms with Gasteiger partial charge in [0.05, 0.1) is 5.60 Å². The van der Waals surface area contributed by atoms with Gasteiger partial charge in [-0.05, 0) is 12.8 Å². The Kier molecular flexibility index (Phi) is 5.15. The molecule has 1 nitrogen and oxygen atoms in total. The highest BCUT2D eigenvalue weighted by Crippen LogP contribution is 2.33. The van der Waals surface area contributed by atoms with E-state index >= 15 is 0 Å². The summed E-state index contributed by atoms with van der Waals surface area (Å²) >= 11 is 2.14. The van der Waals surface area contributed by atoms with Gasteiger partial charge in [0.25, 0.3) is 0 Å². The lowest BCUT2D eigenvalue weighted by Gasteiger charge is -2.31. The predicted molar refractivity (Wildman–Crippen MR) is 61.3 cm³/mol. The number of hydrogen-bond donors (Lipinski definition) is 0. The molecule has 0 unspecified atom stereocenters. The minimum absolute atomic E-state index is 0.521. The second-order valence-corrected chi connectivity index (χ2v) is 4.90. The van der Waals surface area contributed by atoms with Crippen LogP contribution in [0.25, 0.3) is 0 Å². The largest absolute Gasteiger partial charge is 0.411 e. The lowest BCUT2D eigenvalue weighted by Crippen LogP contribution is -2.37. The van der Waals surface area contributed by atoms with Gasteiger partial charge < -0.3 is 4.74 Å². The number of hydrogen-bond acceptors (Lipinski definition) is 1. The fourth-order valence-corrected chi connectivity index (χ4v) is 2.91. The van der Waals surface area contributed by atoms with E-state index in [-0.39, 0.29) is 0 Å². The van der Waals surface area contributed by atoms with Gasteiger partial charge in [-0.1, -0.05) is 48.3 Å². The van der Waals surface area contributed by atoms with Crippen molar-refractivity contribution in [2.75, 3.05) is 11.0 Å². The molecule has 0 spiro atoms. The van der Waals surface area contributed by atoms with Crippen LogP contribution in [0, 0.1) is 0 Å². The van der Waals surface area contributed by atoms with Crippen LogP contribution in [0.4, 0.5) is 13.2 Å². The van der Waals surface area contributed by atoms with Gasteiger partial charge in [-0.25, -0.2) is 0 Å². The van der Waals surface area contributed by atoms with Crippen LogP contribution < -0.4 is 0 Å². The Bertz CT molecular complexity index is 186. The van der Waals surface area contributed by atoms with Gasteiger partial charge in [0.15, 0.2) is 0 Å². The molecule has 15 heavy (non-hydrogen) atoms. The zero-order valence-electron chi connectivity index (χ0n) is 8.58. The molecule has 0 N–H and O–H groups in total. The first-order chi connectivity index (χ1) is 6.97. The molecule has 0 amide bonds. The Hall–Kier alpha value is 0.480. The summed E-state index contributed by atoms with van der Waals surface area (Å²) in [7, 11) is 0. The molecule has 0 radical (unpaired) electrons. The molecule has 1 fully saturated rings. The summed E-state index contributed by atoms with van der Waals surface area (Å²) in [5.74, 6) is 0. The Morgan fingerprint density at radius 3 is 2.00 bits per heavy atom. The van der Waals surface area contributed by atoms with E-state index < -0.39 is 18.4 Å². The molecule has 1 rings (SSSR count). The molecule has 0 aromatic heterocycles. The van der Waals surface area contributed by atoms with Crippen molar-refractivity contribution in [1.29, 1.82) is 0 Å². The van der Waals surface area contributed by atoms with Crippen LogP contribution in [0.5, 0.6) is 0 Å². The van der Waals surface area contributed by atoms with Crippen LogP contribution in [0.2, 0.25) is 0 Å². The van der Waals surface area contributed by atoms with E-state index in [4.69, 9.17) is 4.74 Å². The number of rotatable bonds is 3. The van der Waals surface area contributed by atoms with Crippen LogP contribution in [0.3, 0.4) is 0 Å². The second kappa shape index (κ2) is 5.70. The molecular weight excluding hydrogens is 320 g/mol. The van der Waals surface area contributed by atoms with Crippen molar-refractivity contribution >= 4 is 22.6 Å². The lowest BCUT2D eigenvalue weighted by molar-refractivity contribution is -0.203. The Labute approximate surface area is 102 Å². The van der Waals surface area contributed by atoms with Crippen LogP contribution in [-0.2, 0) is 4.74 Å². The molecule has 0 saturated heterocycles. The van der Waals surface area contributed by atoms with Crippen LogP contribution >= 0.6 is 22.6 Å². The normalized spacial score (nSPS) is 22.4. The molecule has 5 heteroatoms. The Balaban J connectivity index is 2.50. The third-order valence-electron chi connectivity index (χ3n) is 2.80. The summed E-state index contributed by atoms with van der Waals surface area (Å²) in [6, 6.07) is 0. The van der Waals surface area contributed by atoms with E-state index in [1.807, 2.05) is 0 Å². The summed E-state index contributed by atoms with van der Waals surface area (Å²) in [5.41, 5.74) is -0.521. The van der Waals surface area contributed by atoms with Gasteiger partial charge in [-0.2, -0.15) is 13.2 Å². The van der Waals surface area contributed by atoms with Crippen LogP contribution in [-0.4, -0.2) is 22.8 Å². The first kappa shape index (κ1) is 13.5. The van der Waals surface area contributed by atoms with Crippen molar-refractivity contribution in [3.8, 4) is 0 Å². The maximum atomic E-state index is 12.1. The monoisotopic (exact) mass is 336 g/mol. The average Bonchev–Trinajstić information content (AvgIpc) is 2.40. The molecule has 0 bridgehead atoms. The SMILES string of the molecule is FC(F)(F)COC1(CI)CCCCCC1. The molecule has 0 atom stereocenters. The zero-order valence-corrected chi connectivity index (χ0v) is 10.7. The molecule has 1 aliphatic carbocycles. The molecule has 0 aliphatic heterocycles. The smallest absolute Gasteiger partial charge is 0.365 e. The fourth-order valence-electron chi connectivity index (χ4n) is 1.92. The summed E-state index contributed by atoms with van der Waals surface area (Å²) in [4.78, 5) is 0. The number of halogens is 4. The molecule has 1 aliphatic rings. The van der Waals surface area contributed by atoms with Gasteiger partial charge in [-0.15, -0.1) is 0 Å². The fraction of sp³-hybridized carbons (Fsp3) is 1.00. The van der Waals surface area contributed by atoms with Crippen molar-refractivity contribution < 1.29 is 17.9 Å². The maximum Gasteiger partial charge on any atom is 0.411 e. The highest BCUT2D eigenvalue weighted by Gasteiger charge is 2.36. The zero-order chi connectivity index (χ0) is 11.4. The number of alkyl halides is 4. The van der Waals surface area contributed by atoms with Crippen LogP contribution in [0.1, 0.15) is 38.5 Å². The minimum atomic E-state index is -4.20. The summed E-state index contributed by atoms with van der Waals surface area (Å²) < 4.78 is 42.1. The molecule has 90 valence electrons. The maximum absolute atomic E-state index is 12.1. The van der Waals surface area contributed by atoms with E-state index in [0.717, 1.165) is 38.5 Å². The van der Waals surface area contributed by atoms with Crippen molar-refractivity contribution in [2.24, 2.45) is 0 Å². The topological polar surface area (TPSA) is 9.23 Å². The third-order valence-corrected chi connectivity index (χ3v) is 4.19. The Morgan fingerprint density at radius 1 is 1.07 bits per heavy atom. The summed E-state index contributed by atoms with van der Waals surface area (Å²) in [6.45, 7) is -1.10. The highest BCUT2D eigenvalue weighted by atomic mass is 127. The van der Waals surface area contributed by atoms with E-state index in [0.29, 0.717) is 4.43 Å². The molecular formula is C10H16F3IO. The van der Waals surface area contributed by atoms with E-state index in [2.05, 4.69) is 22.6 Å². The van der Waals surface area contributed by atoms with Crippen molar-refractivity contribution in [3.05, 3.63) is 0 Å². The lowest BCUT2D eigenvalue weighted by atomic mass is 9.97. The summed E-state index contributed by atoms with van der Waals surface area (Å²) in [6.07, 6.45) is 1.55. The van der Waals surface area contributed by atoms with Crippen molar-refractivity contribution in [1.82, 2.24) is 0 Å². The van der Waals surface area contributed by atoms with Crippen LogP contribution in [0.15, 0.2) is 0 Å². The van der Waals surface area contributed by atoms with E-state index in [9.17, 15) is 13.2 Å². The van der Waals surface area contributed by atoms with Gasteiger partial charge in [0.1, 0.15) is 6.61 Å². The van der Waals surface area contributed by atoms with Crippen molar-refractivity contribution in [3.63, 3.8) is 0 Å². The standard InChI is InChI=1S/C10H16F3IO/c11-10(12,13)8-15-9(7-14)5-3-1-2-4-6-9/h1-8H2. The molecule has 0 aromatic carbocycles. The average molecular weight is 336 g/mol. The van der Waals surface area contributed by atoms with Crippen molar-refractivity contribution in [2.45, 2.75) is 50.3 Å². The third kappa shape index (κ3) is 4.89. The second-order valence-electron chi connectivity index (χ2n) is 4.13. The predicted octanol–water partition coefficient (Wildman–Crippen LogP) is 4.09. The van der Waals surface area contributed by atoms with E-state index in [1.165, 1.54) is 0 Å². The van der Waals surface area contributed by atoms with Gasteiger partial charge in [-0.3, -0.25) is 0 Å². The highest BCUT2D eigenvalue weighted by molar-refractivity contribution is 14.1. The minimum Gasteiger partial charge on any atom is -0.365 e. The van der Waals surface area contributed by atoms with Gasteiger partial charge in [0.2, 0.25) is 0 Å².